The van der Waals surface area contributed by atoms with Crippen LogP contribution in [0.1, 0.15) is 19.8 Å². The van der Waals surface area contributed by atoms with Gasteiger partial charge in [-0.05, 0) is 6.42 Å². The summed E-state index contributed by atoms with van der Waals surface area (Å²) >= 11 is 0. The highest BCUT2D eigenvalue weighted by Gasteiger charge is 2.16. The van der Waals surface area contributed by atoms with Gasteiger partial charge in [0.2, 0.25) is 5.91 Å². The Bertz CT molecular complexity index is 125. The second kappa shape index (κ2) is 3.56. The summed E-state index contributed by atoms with van der Waals surface area (Å²) in [5.41, 5.74) is 0. The molecule has 1 aliphatic heterocycles. The van der Waals surface area contributed by atoms with Crippen LogP contribution >= 0.6 is 0 Å². The molecular weight excluding hydrogens is 128 g/mol. The van der Waals surface area contributed by atoms with E-state index in [9.17, 15) is 4.79 Å². The molecule has 3 nitrogen and oxygen atoms in total. The van der Waals surface area contributed by atoms with Gasteiger partial charge in [0.15, 0.2) is 0 Å². The van der Waals surface area contributed by atoms with Crippen molar-refractivity contribution in [1.82, 2.24) is 10.2 Å². The summed E-state index contributed by atoms with van der Waals surface area (Å²) in [7, 11) is 0. The van der Waals surface area contributed by atoms with Crippen molar-refractivity contribution in [2.45, 2.75) is 19.8 Å². The quantitative estimate of drug-likeness (QED) is 0.609. The highest BCUT2D eigenvalue weighted by Crippen LogP contribution is 1.97. The first-order valence-electron chi connectivity index (χ1n) is 3.82. The zero-order valence-electron chi connectivity index (χ0n) is 6.39. The average Bonchev–Trinajstić information content (AvgIpc) is 2.31. The fourth-order valence-electron chi connectivity index (χ4n) is 1.05. The molecule has 1 rings (SSSR count). The minimum Gasteiger partial charge on any atom is -0.342 e. The number of nitrogens with zero attached hydrogens (tertiary/aromatic N) is 1. The Balaban J connectivity index is 2.12. The van der Waals surface area contributed by atoms with Crippen molar-refractivity contribution >= 4 is 5.91 Å². The zero-order chi connectivity index (χ0) is 7.40. The number of rotatable bonds is 3. The van der Waals surface area contributed by atoms with Gasteiger partial charge in [-0.25, -0.2) is 0 Å². The number of nitrogens with one attached hydrogen (secondary N) is 1. The van der Waals surface area contributed by atoms with Crippen LogP contribution in [0.25, 0.3) is 0 Å². The van der Waals surface area contributed by atoms with Crippen LogP contribution < -0.4 is 5.32 Å². The van der Waals surface area contributed by atoms with Gasteiger partial charge in [0.05, 0.1) is 13.2 Å². The van der Waals surface area contributed by atoms with Crippen LogP contribution in [0.5, 0.6) is 0 Å². The minimum absolute atomic E-state index is 0.163. The molecule has 1 saturated heterocycles. The van der Waals surface area contributed by atoms with Gasteiger partial charge in [0.25, 0.3) is 0 Å². The summed E-state index contributed by atoms with van der Waals surface area (Å²) in [5.74, 6) is 0.163. The Morgan fingerprint density at radius 3 is 3.00 bits per heavy atom. The molecule has 0 radical (unpaired) electrons. The summed E-state index contributed by atoms with van der Waals surface area (Å²) in [6.07, 6.45) is 2.39. The van der Waals surface area contributed by atoms with Gasteiger partial charge in [0, 0.05) is 6.54 Å². The number of hydrogen-bond acceptors (Lipinski definition) is 2. The summed E-state index contributed by atoms with van der Waals surface area (Å²) < 4.78 is 0. The highest BCUT2D eigenvalue weighted by molar-refractivity contribution is 5.79. The second-order valence-electron chi connectivity index (χ2n) is 2.66. The Morgan fingerprint density at radius 1 is 1.70 bits per heavy atom. The van der Waals surface area contributed by atoms with Crippen molar-refractivity contribution in [2.24, 2.45) is 0 Å². The van der Waals surface area contributed by atoms with Crippen LogP contribution in [0.4, 0.5) is 0 Å². The van der Waals surface area contributed by atoms with E-state index < -0.39 is 0 Å². The van der Waals surface area contributed by atoms with E-state index in [-0.39, 0.29) is 5.91 Å². The standard InChI is InChI=1S/C7H14N2O/c1-2-3-4-9-5-7(10)8-6-9/h2-6H2,1H3,(H,8,10). The molecule has 58 valence electrons. The second-order valence-corrected chi connectivity index (χ2v) is 2.66. The summed E-state index contributed by atoms with van der Waals surface area (Å²) in [6, 6.07) is 0. The largest absolute Gasteiger partial charge is 0.342 e. The lowest BCUT2D eigenvalue weighted by Crippen LogP contribution is -2.22. The van der Waals surface area contributed by atoms with Crippen LogP contribution in [-0.4, -0.2) is 30.6 Å². The number of carbonyl (C=O) groups excluding carboxylic acids is 1. The Morgan fingerprint density at radius 2 is 2.50 bits per heavy atom. The van der Waals surface area contributed by atoms with Crippen molar-refractivity contribution < 1.29 is 4.79 Å². The minimum atomic E-state index is 0.163. The maximum atomic E-state index is 10.7. The van der Waals surface area contributed by atoms with E-state index in [1.807, 2.05) is 0 Å². The van der Waals surface area contributed by atoms with E-state index in [2.05, 4.69) is 17.1 Å². The molecule has 10 heavy (non-hydrogen) atoms. The monoisotopic (exact) mass is 142 g/mol. The molecule has 0 saturated carbocycles. The van der Waals surface area contributed by atoms with Gasteiger partial charge in [-0.1, -0.05) is 13.3 Å². The van der Waals surface area contributed by atoms with Gasteiger partial charge in [-0.3, -0.25) is 9.69 Å². The third kappa shape index (κ3) is 1.99. The zero-order valence-corrected chi connectivity index (χ0v) is 6.39. The average molecular weight is 142 g/mol. The van der Waals surface area contributed by atoms with Gasteiger partial charge in [-0.2, -0.15) is 0 Å². The Kier molecular flexibility index (Phi) is 2.68. The first-order chi connectivity index (χ1) is 4.83. The van der Waals surface area contributed by atoms with Crippen molar-refractivity contribution in [3.63, 3.8) is 0 Å². The third-order valence-electron chi connectivity index (χ3n) is 1.69. The smallest absolute Gasteiger partial charge is 0.235 e. The number of hydrogen-bond donors (Lipinski definition) is 1. The van der Waals surface area contributed by atoms with E-state index in [0.717, 1.165) is 13.2 Å². The molecule has 0 atom stereocenters. The molecule has 1 aliphatic rings. The van der Waals surface area contributed by atoms with Crippen molar-refractivity contribution in [1.29, 1.82) is 0 Å². The molecule has 1 heterocycles. The highest BCUT2D eigenvalue weighted by atomic mass is 16.2. The molecule has 0 aromatic heterocycles. The summed E-state index contributed by atoms with van der Waals surface area (Å²) in [6.45, 7) is 4.55. The van der Waals surface area contributed by atoms with E-state index in [1.54, 1.807) is 0 Å². The fraction of sp³-hybridized carbons (Fsp3) is 0.857. The van der Waals surface area contributed by atoms with Crippen molar-refractivity contribution in [3.05, 3.63) is 0 Å². The van der Waals surface area contributed by atoms with Gasteiger partial charge >= 0.3 is 0 Å². The van der Waals surface area contributed by atoms with Crippen LogP contribution in [-0.2, 0) is 4.79 Å². The van der Waals surface area contributed by atoms with Crippen LogP contribution in [0.15, 0.2) is 0 Å². The summed E-state index contributed by atoms with van der Waals surface area (Å²) in [4.78, 5) is 12.8. The van der Waals surface area contributed by atoms with Gasteiger partial charge in [0.1, 0.15) is 0 Å². The predicted molar refractivity (Wildman–Crippen MR) is 39.5 cm³/mol. The lowest BCUT2D eigenvalue weighted by Gasteiger charge is -2.10. The molecule has 0 spiro atoms. The number of amides is 1. The van der Waals surface area contributed by atoms with Gasteiger partial charge < -0.3 is 5.32 Å². The molecule has 0 bridgehead atoms. The van der Waals surface area contributed by atoms with Crippen LogP contribution in [0.2, 0.25) is 0 Å². The van der Waals surface area contributed by atoms with Gasteiger partial charge in [-0.15, -0.1) is 0 Å². The maximum absolute atomic E-state index is 10.7. The molecule has 1 amide bonds. The molecular formula is C7H14N2O. The molecule has 1 N–H and O–H groups in total. The molecule has 1 fully saturated rings. The Labute approximate surface area is 61.4 Å². The van der Waals surface area contributed by atoms with E-state index in [1.165, 1.54) is 12.8 Å². The fourth-order valence-corrected chi connectivity index (χ4v) is 1.05. The predicted octanol–water partition coefficient (Wildman–Crippen LogP) is 0.176. The van der Waals surface area contributed by atoms with Crippen LogP contribution in [0.3, 0.4) is 0 Å². The molecule has 3 heteroatoms. The first-order valence-corrected chi connectivity index (χ1v) is 3.82. The third-order valence-corrected chi connectivity index (χ3v) is 1.69. The van der Waals surface area contributed by atoms with E-state index >= 15 is 0 Å². The molecule has 0 aromatic rings. The van der Waals surface area contributed by atoms with Crippen molar-refractivity contribution in [2.75, 3.05) is 19.8 Å². The lowest BCUT2D eigenvalue weighted by atomic mass is 10.3. The Hall–Kier alpha value is -0.570. The molecule has 0 aliphatic carbocycles. The SMILES string of the molecule is CCCCN1CNC(=O)C1. The first kappa shape index (κ1) is 7.54. The topological polar surface area (TPSA) is 32.3 Å². The molecule has 0 aromatic carbocycles. The summed E-state index contributed by atoms with van der Waals surface area (Å²) in [5, 5.41) is 2.77. The molecule has 0 unspecified atom stereocenters. The normalized spacial score (nSPS) is 19.5. The lowest BCUT2D eigenvalue weighted by molar-refractivity contribution is -0.118. The maximum Gasteiger partial charge on any atom is 0.235 e. The number of unbranched alkanes of at least 4 members (excludes halogenated alkanes) is 1. The van der Waals surface area contributed by atoms with Crippen LogP contribution in [0, 0.1) is 0 Å². The van der Waals surface area contributed by atoms with E-state index in [0.29, 0.717) is 6.54 Å². The number of carbonyl (C=O) groups is 1. The van der Waals surface area contributed by atoms with E-state index in [4.69, 9.17) is 0 Å². The van der Waals surface area contributed by atoms with Crippen molar-refractivity contribution in [3.8, 4) is 0 Å².